The van der Waals surface area contributed by atoms with Crippen molar-refractivity contribution in [1.82, 2.24) is 10.3 Å². The van der Waals surface area contributed by atoms with E-state index in [-0.39, 0.29) is 16.9 Å². The van der Waals surface area contributed by atoms with Crippen LogP contribution in [0.4, 0.5) is 53.9 Å². The van der Waals surface area contributed by atoms with Crippen molar-refractivity contribution < 1.29 is 40.7 Å². The summed E-state index contributed by atoms with van der Waals surface area (Å²) in [7, 11) is 0. The molecule has 0 saturated carbocycles. The van der Waals surface area contributed by atoms with E-state index in [0.29, 0.717) is 24.3 Å². The predicted molar refractivity (Wildman–Crippen MR) is 227 cm³/mol. The van der Waals surface area contributed by atoms with Crippen molar-refractivity contribution in [3.8, 4) is 6.07 Å². The molecule has 0 spiro atoms. The molecule has 2 aliphatic heterocycles. The lowest BCUT2D eigenvalue weighted by Crippen LogP contribution is -2.35. The molecule has 4 N–H and O–H groups in total. The zero-order valence-electron chi connectivity index (χ0n) is 33.8. The maximum Gasteiger partial charge on any atom is 0.416 e. The molecule has 2 aliphatic rings. The Morgan fingerprint density at radius 2 is 1.15 bits per heavy atom. The van der Waals surface area contributed by atoms with Gasteiger partial charge in [0, 0.05) is 51.1 Å². The van der Waals surface area contributed by atoms with E-state index in [2.05, 4.69) is 20.5 Å². The minimum absolute atomic E-state index is 0.0156. The summed E-state index contributed by atoms with van der Waals surface area (Å²) in [5, 5.41) is 11.5. The fourth-order valence-corrected chi connectivity index (χ4v) is 6.60. The zero-order valence-corrected chi connectivity index (χ0v) is 34.6. The highest BCUT2D eigenvalue weighted by molar-refractivity contribution is 6.67. The van der Waals surface area contributed by atoms with Crippen LogP contribution < -0.4 is 26.2 Å². The number of hydrogen-bond donors (Lipinski definition) is 3. The lowest BCUT2D eigenvalue weighted by molar-refractivity contribution is -0.138. The van der Waals surface area contributed by atoms with E-state index in [0.717, 1.165) is 88.0 Å². The lowest BCUT2D eigenvalue weighted by atomic mass is 10.1. The summed E-state index contributed by atoms with van der Waals surface area (Å²) in [6, 6.07) is 19.5. The molecule has 17 heteroatoms. The highest BCUT2D eigenvalue weighted by Crippen LogP contribution is 2.37. The number of hydrogen-bond acceptors (Lipinski definition) is 8. The second-order valence-electron chi connectivity index (χ2n) is 14.0. The lowest BCUT2D eigenvalue weighted by Gasteiger charge is -2.29. The fraction of sp³-hybridized carbons (Fsp3) is 0.386. The number of carbonyl (C=O) groups is 3. The van der Waals surface area contributed by atoms with Crippen molar-refractivity contribution in [1.29, 1.82) is 5.26 Å². The maximum atomic E-state index is 13.2. The molecular formula is C44H50ClF6N7O3. The van der Waals surface area contributed by atoms with Crippen LogP contribution in [-0.4, -0.2) is 48.3 Å². The number of anilines is 4. The Bertz CT molecular complexity index is 2010. The molecule has 61 heavy (non-hydrogen) atoms. The number of pyridine rings is 1. The van der Waals surface area contributed by atoms with Crippen LogP contribution in [0.3, 0.4) is 0 Å². The van der Waals surface area contributed by atoms with Gasteiger partial charge in [-0.25, -0.2) is 4.79 Å². The molecule has 3 aromatic carbocycles. The molecule has 0 aliphatic carbocycles. The first-order valence-corrected chi connectivity index (χ1v) is 20.2. The van der Waals surface area contributed by atoms with Gasteiger partial charge in [0.1, 0.15) is 0 Å². The first kappa shape index (κ1) is 49.5. The van der Waals surface area contributed by atoms with Crippen molar-refractivity contribution >= 4 is 51.5 Å². The zero-order chi connectivity index (χ0) is 44.8. The summed E-state index contributed by atoms with van der Waals surface area (Å²) in [4.78, 5) is 42.8. The van der Waals surface area contributed by atoms with E-state index in [1.807, 2.05) is 11.0 Å². The minimum atomic E-state index is -4.55. The quantitative estimate of drug-likeness (QED) is 0.102. The van der Waals surface area contributed by atoms with E-state index in [4.69, 9.17) is 22.6 Å². The van der Waals surface area contributed by atoms with E-state index in [1.54, 1.807) is 36.4 Å². The molecule has 4 aromatic rings. The third-order valence-corrected chi connectivity index (χ3v) is 9.69. The number of rotatable bonds is 5. The van der Waals surface area contributed by atoms with Crippen LogP contribution in [-0.2, 0) is 12.4 Å². The highest BCUT2D eigenvalue weighted by Gasteiger charge is 2.32. The van der Waals surface area contributed by atoms with E-state index in [9.17, 15) is 40.7 Å². The Labute approximate surface area is 357 Å². The molecule has 0 unspecified atom stereocenters. The number of alkyl halides is 6. The van der Waals surface area contributed by atoms with Crippen molar-refractivity contribution in [2.45, 2.75) is 83.5 Å². The van der Waals surface area contributed by atoms with Gasteiger partial charge in [-0.05, 0) is 85.8 Å². The number of nitrogen functional groups attached to an aromatic ring is 1. The summed E-state index contributed by atoms with van der Waals surface area (Å²) in [5.41, 5.74) is 6.43. The normalized spacial score (nSPS) is 14.5. The molecule has 2 saturated heterocycles. The van der Waals surface area contributed by atoms with Crippen molar-refractivity contribution in [3.63, 3.8) is 0 Å². The van der Waals surface area contributed by atoms with E-state index in [1.165, 1.54) is 56.8 Å². The van der Waals surface area contributed by atoms with Gasteiger partial charge in [0.2, 0.25) is 0 Å². The highest BCUT2D eigenvalue weighted by atomic mass is 35.5. The summed E-state index contributed by atoms with van der Waals surface area (Å²) < 4.78 is 77.5. The summed E-state index contributed by atoms with van der Waals surface area (Å²) in [6.07, 6.45) is 4.73. The van der Waals surface area contributed by atoms with Crippen LogP contribution in [0.5, 0.6) is 0 Å². The van der Waals surface area contributed by atoms with Crippen LogP contribution in [0.25, 0.3) is 0 Å². The second-order valence-corrected chi connectivity index (χ2v) is 14.4. The largest absolute Gasteiger partial charge is 0.416 e. The number of imide groups is 1. The number of nitrogens with one attached hydrogen (secondary N) is 2. The minimum Gasteiger partial charge on any atom is -0.397 e. The molecule has 6 rings (SSSR count). The molecule has 328 valence electrons. The summed E-state index contributed by atoms with van der Waals surface area (Å²) >= 11 is 5.16. The first-order valence-electron chi connectivity index (χ1n) is 19.8. The Morgan fingerprint density at radius 3 is 1.59 bits per heavy atom. The molecule has 1 aromatic heterocycles. The predicted octanol–water partition coefficient (Wildman–Crippen LogP) is 11.5. The van der Waals surface area contributed by atoms with Crippen LogP contribution in [0, 0.1) is 11.3 Å². The van der Waals surface area contributed by atoms with Gasteiger partial charge in [0.15, 0.2) is 0 Å². The molecule has 0 radical (unpaired) electrons. The van der Waals surface area contributed by atoms with Crippen LogP contribution >= 0.6 is 11.6 Å². The Hall–Kier alpha value is -5.82. The molecule has 10 nitrogen and oxygen atoms in total. The van der Waals surface area contributed by atoms with Gasteiger partial charge < -0.3 is 20.9 Å². The number of nitrogens with zero attached hydrogens (tertiary/aromatic N) is 4. The number of nitrogens with two attached hydrogens (primary N) is 1. The number of aromatic nitrogens is 1. The Morgan fingerprint density at radius 1 is 0.689 bits per heavy atom. The van der Waals surface area contributed by atoms with Crippen LogP contribution in [0.2, 0.25) is 0 Å². The Balaban J connectivity index is 0.000000270. The van der Waals surface area contributed by atoms with Crippen molar-refractivity contribution in [2.24, 2.45) is 0 Å². The van der Waals surface area contributed by atoms with E-state index < -0.39 is 40.7 Å². The fourth-order valence-electron chi connectivity index (χ4n) is 6.48. The SMILES string of the molecule is CC#N.Nc1cc(C(F)(F)F)ccc1N1CCCCCCC1.O=C(Cl)c1ccccc1.O=C(NC(=O)c1cccnc1)Nc1cc(C(F)(F)F)ccc1N1CCCCCCC1. The third-order valence-electron chi connectivity index (χ3n) is 9.47. The number of carbonyl (C=O) groups excluding carboxylic acids is 3. The average molecular weight is 874 g/mol. The number of halogens is 7. The molecule has 3 amide bonds. The van der Waals surface area contributed by atoms with Gasteiger partial charge in [-0.2, -0.15) is 31.6 Å². The monoisotopic (exact) mass is 873 g/mol. The standard InChI is InChI=1S/C21H23F3N4O2.C14H19F3N2.C7H5ClO.C2H3N/c22-21(23,24)16-8-9-18(28-11-4-2-1-3-5-12-28)17(13-16)26-20(30)27-19(29)15-7-6-10-25-14-15;15-14(16,17)11-6-7-13(12(18)10-11)19-8-4-2-1-3-5-9-19;8-7(9)6-4-2-1-3-5-6;1-2-3/h6-10,13-14H,1-5,11-12H2,(H2,26,27,29,30);6-7,10H,1-5,8-9,18H2;1-5H;1H3. The van der Waals surface area contributed by atoms with Crippen molar-refractivity contribution in [2.75, 3.05) is 47.0 Å². The third kappa shape index (κ3) is 17.4. The number of amides is 3. The second kappa shape index (κ2) is 25.1. The first-order chi connectivity index (χ1) is 29.0. The van der Waals surface area contributed by atoms with Crippen molar-refractivity contribution in [3.05, 3.63) is 114 Å². The molecule has 0 bridgehead atoms. The van der Waals surface area contributed by atoms with Crippen LogP contribution in [0.15, 0.2) is 91.3 Å². The van der Waals surface area contributed by atoms with Gasteiger partial charge in [-0.1, -0.05) is 68.9 Å². The topological polar surface area (TPSA) is 144 Å². The number of benzene rings is 3. The van der Waals surface area contributed by atoms with Gasteiger partial charge in [0.25, 0.3) is 11.1 Å². The van der Waals surface area contributed by atoms with Gasteiger partial charge in [0.05, 0.1) is 45.5 Å². The Kier molecular flexibility index (Phi) is 20.4. The molecular weight excluding hydrogens is 824 g/mol. The average Bonchev–Trinajstić information content (AvgIpc) is 3.19. The van der Waals surface area contributed by atoms with E-state index >= 15 is 0 Å². The van der Waals surface area contributed by atoms with Crippen LogP contribution in [0.1, 0.15) is 103 Å². The summed E-state index contributed by atoms with van der Waals surface area (Å²) in [6.45, 7) is 4.55. The molecule has 0 atom stereocenters. The number of urea groups is 1. The summed E-state index contributed by atoms with van der Waals surface area (Å²) in [5.74, 6) is -0.694. The molecule has 3 heterocycles. The maximum absolute atomic E-state index is 13.2. The molecule has 2 fully saturated rings. The van der Waals surface area contributed by atoms with Gasteiger partial charge in [-0.15, -0.1) is 0 Å². The van der Waals surface area contributed by atoms with Gasteiger partial charge in [-0.3, -0.25) is 19.9 Å². The smallest absolute Gasteiger partial charge is 0.397 e. The van der Waals surface area contributed by atoms with Gasteiger partial charge >= 0.3 is 18.4 Å². The number of nitriles is 1.